The first-order chi connectivity index (χ1) is 9.04. The van der Waals surface area contributed by atoms with Crippen LogP contribution in [0.15, 0.2) is 24.3 Å². The predicted octanol–water partition coefficient (Wildman–Crippen LogP) is 1.55. The minimum atomic E-state index is -1.11. The smallest absolute Gasteiger partial charge is 0.332 e. The molecule has 0 spiro atoms. The topological polar surface area (TPSA) is 75.6 Å². The van der Waals surface area contributed by atoms with E-state index in [9.17, 15) is 9.59 Å². The molecule has 0 saturated heterocycles. The molecular formula is C14H17NO4. The third-order valence-electron chi connectivity index (χ3n) is 3.57. The van der Waals surface area contributed by atoms with Crippen LogP contribution in [-0.4, -0.2) is 23.6 Å². The van der Waals surface area contributed by atoms with Gasteiger partial charge in [0, 0.05) is 0 Å². The minimum Gasteiger partial charge on any atom is -0.479 e. The van der Waals surface area contributed by atoms with Crippen molar-refractivity contribution < 1.29 is 19.5 Å². The predicted molar refractivity (Wildman–Crippen MR) is 68.4 cm³/mol. The van der Waals surface area contributed by atoms with Gasteiger partial charge in [-0.3, -0.25) is 9.63 Å². The number of carbonyl (C=O) groups is 2. The molecule has 0 aliphatic heterocycles. The molecule has 0 bridgehead atoms. The fourth-order valence-electron chi connectivity index (χ4n) is 2.38. The molecule has 0 atom stereocenters. The second kappa shape index (κ2) is 5.40. The zero-order valence-corrected chi connectivity index (χ0v) is 10.8. The second-order valence-corrected chi connectivity index (χ2v) is 4.92. The van der Waals surface area contributed by atoms with E-state index in [4.69, 9.17) is 9.94 Å². The lowest BCUT2D eigenvalue weighted by molar-refractivity contribution is -0.153. The molecule has 1 aliphatic rings. The summed E-state index contributed by atoms with van der Waals surface area (Å²) in [5.74, 6) is -1.37. The van der Waals surface area contributed by atoms with Crippen LogP contribution >= 0.6 is 0 Å². The minimum absolute atomic E-state index is 0.259. The molecule has 5 nitrogen and oxygen atoms in total. The lowest BCUT2D eigenvalue weighted by Gasteiger charge is -2.40. The number of benzene rings is 1. The van der Waals surface area contributed by atoms with Gasteiger partial charge < -0.3 is 5.11 Å². The summed E-state index contributed by atoms with van der Waals surface area (Å²) in [6, 6.07) is 7.84. The highest BCUT2D eigenvalue weighted by molar-refractivity contribution is 5.88. The van der Waals surface area contributed by atoms with E-state index in [1.54, 1.807) is 0 Å². The molecule has 1 aromatic carbocycles. The van der Waals surface area contributed by atoms with Crippen LogP contribution in [-0.2, 0) is 19.8 Å². The van der Waals surface area contributed by atoms with Gasteiger partial charge in [-0.2, -0.15) is 0 Å². The van der Waals surface area contributed by atoms with Gasteiger partial charge in [-0.05, 0) is 25.3 Å². The number of carboxylic acid groups (broad SMARTS) is 1. The standard InChI is InChI=1S/C14H17NO4/c1-10-4-2-5-11(8-10)14(6-3-7-14)13(18)15-19-9-12(16)17/h2,4-5,8H,3,6-7,9H2,1H3,(H,15,18)(H,16,17). The van der Waals surface area contributed by atoms with Gasteiger partial charge in [0.05, 0.1) is 5.41 Å². The van der Waals surface area contributed by atoms with E-state index in [2.05, 4.69) is 5.48 Å². The van der Waals surface area contributed by atoms with Gasteiger partial charge in [-0.1, -0.05) is 36.2 Å². The van der Waals surface area contributed by atoms with Crippen molar-refractivity contribution >= 4 is 11.9 Å². The maximum absolute atomic E-state index is 12.2. The Balaban J connectivity index is 2.10. The monoisotopic (exact) mass is 263 g/mol. The summed E-state index contributed by atoms with van der Waals surface area (Å²) in [6.45, 7) is 1.45. The summed E-state index contributed by atoms with van der Waals surface area (Å²) in [4.78, 5) is 27.3. The largest absolute Gasteiger partial charge is 0.479 e. The average molecular weight is 263 g/mol. The Morgan fingerprint density at radius 3 is 2.68 bits per heavy atom. The molecule has 1 aromatic rings. The molecule has 19 heavy (non-hydrogen) atoms. The highest BCUT2D eigenvalue weighted by Crippen LogP contribution is 2.44. The Kier molecular flexibility index (Phi) is 3.85. The number of carboxylic acids is 1. The Labute approximate surface area is 111 Å². The zero-order chi connectivity index (χ0) is 13.9. The van der Waals surface area contributed by atoms with Crippen molar-refractivity contribution in [2.24, 2.45) is 0 Å². The molecule has 1 amide bonds. The molecule has 2 rings (SSSR count). The van der Waals surface area contributed by atoms with Crippen molar-refractivity contribution in [1.82, 2.24) is 5.48 Å². The van der Waals surface area contributed by atoms with Crippen LogP contribution in [0, 0.1) is 6.92 Å². The summed E-state index contributed by atoms with van der Waals surface area (Å²) < 4.78 is 0. The van der Waals surface area contributed by atoms with Crippen LogP contribution in [0.2, 0.25) is 0 Å². The number of hydrogen-bond acceptors (Lipinski definition) is 3. The highest BCUT2D eigenvalue weighted by Gasteiger charge is 2.45. The molecule has 0 unspecified atom stereocenters. The number of rotatable bonds is 5. The Morgan fingerprint density at radius 2 is 2.16 bits per heavy atom. The van der Waals surface area contributed by atoms with E-state index in [-0.39, 0.29) is 5.91 Å². The highest BCUT2D eigenvalue weighted by atomic mass is 16.7. The molecular weight excluding hydrogens is 246 g/mol. The number of amides is 1. The van der Waals surface area contributed by atoms with Gasteiger partial charge in [0.25, 0.3) is 5.91 Å². The van der Waals surface area contributed by atoms with E-state index in [1.165, 1.54) is 0 Å². The fourth-order valence-corrected chi connectivity index (χ4v) is 2.38. The number of hydroxylamine groups is 1. The van der Waals surface area contributed by atoms with Crippen molar-refractivity contribution in [3.8, 4) is 0 Å². The van der Waals surface area contributed by atoms with Gasteiger partial charge in [0.1, 0.15) is 0 Å². The molecule has 0 radical (unpaired) electrons. The molecule has 1 aliphatic carbocycles. The molecule has 102 valence electrons. The van der Waals surface area contributed by atoms with Gasteiger partial charge in [-0.15, -0.1) is 0 Å². The summed E-state index contributed by atoms with van der Waals surface area (Å²) in [5.41, 5.74) is 3.76. The molecule has 5 heteroatoms. The van der Waals surface area contributed by atoms with Gasteiger partial charge in [-0.25, -0.2) is 10.3 Å². The molecule has 1 fully saturated rings. The summed E-state index contributed by atoms with van der Waals surface area (Å²) in [6.07, 6.45) is 2.51. The summed E-state index contributed by atoms with van der Waals surface area (Å²) in [7, 11) is 0. The van der Waals surface area contributed by atoms with Gasteiger partial charge in [0.15, 0.2) is 6.61 Å². The number of nitrogens with one attached hydrogen (secondary N) is 1. The third kappa shape index (κ3) is 2.76. The van der Waals surface area contributed by atoms with Crippen molar-refractivity contribution in [3.05, 3.63) is 35.4 Å². The van der Waals surface area contributed by atoms with Crippen LogP contribution < -0.4 is 5.48 Å². The lowest BCUT2D eigenvalue weighted by Crippen LogP contribution is -2.49. The first-order valence-electron chi connectivity index (χ1n) is 6.26. The summed E-state index contributed by atoms with van der Waals surface area (Å²) in [5, 5.41) is 8.48. The zero-order valence-electron chi connectivity index (χ0n) is 10.8. The first-order valence-corrected chi connectivity index (χ1v) is 6.26. The number of aryl methyl sites for hydroxylation is 1. The molecule has 0 heterocycles. The van der Waals surface area contributed by atoms with E-state index < -0.39 is 18.0 Å². The Bertz CT molecular complexity index is 494. The Morgan fingerprint density at radius 1 is 1.42 bits per heavy atom. The second-order valence-electron chi connectivity index (χ2n) is 4.92. The van der Waals surface area contributed by atoms with E-state index >= 15 is 0 Å². The number of aliphatic carboxylic acids is 1. The van der Waals surface area contributed by atoms with Crippen LogP contribution in [0.3, 0.4) is 0 Å². The van der Waals surface area contributed by atoms with E-state index in [0.717, 1.165) is 30.4 Å². The lowest BCUT2D eigenvalue weighted by atomic mass is 9.64. The number of carbonyl (C=O) groups excluding carboxylic acids is 1. The first kappa shape index (κ1) is 13.5. The SMILES string of the molecule is Cc1cccc(C2(C(=O)NOCC(=O)O)CCC2)c1. The van der Waals surface area contributed by atoms with Crippen LogP contribution in [0.1, 0.15) is 30.4 Å². The fraction of sp³-hybridized carbons (Fsp3) is 0.429. The van der Waals surface area contributed by atoms with Crippen LogP contribution in [0.25, 0.3) is 0 Å². The molecule has 2 N–H and O–H groups in total. The normalized spacial score (nSPS) is 16.5. The quantitative estimate of drug-likeness (QED) is 0.790. The molecule has 0 aromatic heterocycles. The average Bonchev–Trinajstić information content (AvgIpc) is 2.27. The Hall–Kier alpha value is -1.88. The third-order valence-corrected chi connectivity index (χ3v) is 3.57. The number of hydrogen-bond donors (Lipinski definition) is 2. The molecule has 1 saturated carbocycles. The maximum Gasteiger partial charge on any atom is 0.332 e. The van der Waals surface area contributed by atoms with Gasteiger partial charge in [0.2, 0.25) is 0 Å². The van der Waals surface area contributed by atoms with Crippen molar-refractivity contribution in [3.63, 3.8) is 0 Å². The van der Waals surface area contributed by atoms with E-state index in [1.807, 2.05) is 31.2 Å². The van der Waals surface area contributed by atoms with Crippen molar-refractivity contribution in [1.29, 1.82) is 0 Å². The van der Waals surface area contributed by atoms with Crippen LogP contribution in [0.4, 0.5) is 0 Å². The summed E-state index contributed by atoms with van der Waals surface area (Å²) >= 11 is 0. The van der Waals surface area contributed by atoms with Gasteiger partial charge >= 0.3 is 5.97 Å². The maximum atomic E-state index is 12.2. The van der Waals surface area contributed by atoms with Crippen molar-refractivity contribution in [2.75, 3.05) is 6.61 Å². The van der Waals surface area contributed by atoms with Crippen LogP contribution in [0.5, 0.6) is 0 Å². The van der Waals surface area contributed by atoms with E-state index in [0.29, 0.717) is 0 Å². The van der Waals surface area contributed by atoms with Crippen molar-refractivity contribution in [2.45, 2.75) is 31.6 Å².